The van der Waals surface area contributed by atoms with Crippen LogP contribution in [-0.2, 0) is 14.3 Å². The van der Waals surface area contributed by atoms with E-state index in [1.165, 1.54) is 4.90 Å². The second kappa shape index (κ2) is 11.6. The van der Waals surface area contributed by atoms with Gasteiger partial charge in [-0.05, 0) is 43.0 Å². The number of aromatic nitrogens is 1. The molecule has 1 saturated heterocycles. The summed E-state index contributed by atoms with van der Waals surface area (Å²) in [5, 5.41) is 0.856. The minimum atomic E-state index is -0.961. The number of carbonyl (C=O) groups is 4. The normalized spacial score (nSPS) is 20.3. The second-order valence-electron chi connectivity index (χ2n) is 10.9. The Labute approximate surface area is 254 Å². The van der Waals surface area contributed by atoms with Gasteiger partial charge in [0.25, 0.3) is 0 Å². The predicted molar refractivity (Wildman–Crippen MR) is 165 cm³/mol. The number of rotatable bonds is 7. The van der Waals surface area contributed by atoms with Gasteiger partial charge in [-0.1, -0.05) is 92.2 Å². The number of nitrogens with zero attached hydrogens (tertiary/aromatic N) is 2. The van der Waals surface area contributed by atoms with Gasteiger partial charge in [-0.2, -0.15) is 0 Å². The number of hydrogen-bond donors (Lipinski definition) is 0. The lowest BCUT2D eigenvalue weighted by Gasteiger charge is -2.22. The molecule has 4 aromatic rings. The van der Waals surface area contributed by atoms with Gasteiger partial charge in [-0.15, -0.1) is 0 Å². The monoisotopic (exact) mass is 592 g/mol. The maximum atomic E-state index is 13.6. The zero-order valence-electron chi connectivity index (χ0n) is 23.7. The van der Waals surface area contributed by atoms with Gasteiger partial charge in [0.1, 0.15) is 0 Å². The first-order chi connectivity index (χ1) is 20.8. The highest BCUT2D eigenvalue weighted by atomic mass is 35.5. The summed E-state index contributed by atoms with van der Waals surface area (Å²) in [5.74, 6) is -2.01. The largest absolute Gasteiger partial charge is 0.450 e. The summed E-state index contributed by atoms with van der Waals surface area (Å²) < 4.78 is 5.76. The van der Waals surface area contributed by atoms with E-state index in [1.54, 1.807) is 79.7 Å². The smallest absolute Gasteiger partial charge is 0.339 e. The van der Waals surface area contributed by atoms with Crippen molar-refractivity contribution < 1.29 is 23.9 Å². The molecule has 3 aromatic carbocycles. The molecule has 0 radical (unpaired) electrons. The molecule has 1 aromatic heterocycles. The molecule has 0 saturated carbocycles. The first-order valence-electron chi connectivity index (χ1n) is 14.3. The van der Waals surface area contributed by atoms with Gasteiger partial charge in [0.2, 0.25) is 17.6 Å². The number of para-hydroxylation sites is 1. The van der Waals surface area contributed by atoms with Crippen molar-refractivity contribution in [3.8, 4) is 11.3 Å². The molecule has 2 amide bonds. The van der Waals surface area contributed by atoms with Gasteiger partial charge >= 0.3 is 5.97 Å². The van der Waals surface area contributed by atoms with Crippen LogP contribution in [0.5, 0.6) is 0 Å². The number of fused-ring (bicyclic) bond motifs is 2. The molecule has 0 bridgehead atoms. The Morgan fingerprint density at radius 3 is 2.44 bits per heavy atom. The van der Waals surface area contributed by atoms with Crippen LogP contribution >= 0.6 is 11.6 Å². The van der Waals surface area contributed by atoms with E-state index in [9.17, 15) is 19.2 Å². The molecule has 6 rings (SSSR count). The molecule has 0 N–H and O–H groups in total. The molecule has 1 aliphatic carbocycles. The van der Waals surface area contributed by atoms with E-state index >= 15 is 0 Å². The van der Waals surface area contributed by atoms with Crippen LogP contribution < -0.4 is 4.90 Å². The Balaban J connectivity index is 1.32. The maximum absolute atomic E-state index is 13.6. The van der Waals surface area contributed by atoms with Crippen molar-refractivity contribution in [1.82, 2.24) is 4.98 Å². The molecule has 0 spiro atoms. The maximum Gasteiger partial charge on any atom is 0.339 e. The summed E-state index contributed by atoms with van der Waals surface area (Å²) >= 11 is 6.52. The van der Waals surface area contributed by atoms with Crippen LogP contribution in [0.2, 0.25) is 5.02 Å². The number of carbonyl (C=O) groups excluding carboxylic acids is 4. The van der Waals surface area contributed by atoms with Crippen molar-refractivity contribution in [3.05, 3.63) is 107 Å². The number of Topliss-reactive ketones (excluding diaryl/α,β-unsaturated/α-hetero) is 1. The first kappa shape index (κ1) is 28.5. The van der Waals surface area contributed by atoms with E-state index in [1.807, 2.05) is 25.1 Å². The summed E-state index contributed by atoms with van der Waals surface area (Å²) in [6, 6.07) is 22.4. The standard InChI is InChI=1S/C35H29ClN2O5/c1-3-29(32(39)22-10-5-4-6-11-22)43-35(42)26-19-28(37-31-24(26)12-8-14-27(31)36)21-15-17-23(18-16-21)38-33(40)25-13-7-9-20(2)30(25)34(38)41/h4-12,14-20,25,29-30H,3,13H2,1-2H3. The molecule has 1 fully saturated rings. The number of pyridine rings is 1. The van der Waals surface area contributed by atoms with Crippen LogP contribution in [0.25, 0.3) is 22.2 Å². The highest BCUT2D eigenvalue weighted by molar-refractivity contribution is 6.35. The van der Waals surface area contributed by atoms with Gasteiger partial charge in [0, 0.05) is 16.5 Å². The Morgan fingerprint density at radius 1 is 1.00 bits per heavy atom. The number of imide groups is 1. The van der Waals surface area contributed by atoms with Crippen LogP contribution in [0.4, 0.5) is 5.69 Å². The van der Waals surface area contributed by atoms with Crippen LogP contribution in [0, 0.1) is 17.8 Å². The fourth-order valence-electron chi connectivity index (χ4n) is 6.02. The Hall–Kier alpha value is -4.62. The van der Waals surface area contributed by atoms with Crippen molar-refractivity contribution in [3.63, 3.8) is 0 Å². The Bertz CT molecular complexity index is 1780. The molecule has 43 heavy (non-hydrogen) atoms. The zero-order valence-corrected chi connectivity index (χ0v) is 24.5. The molecular weight excluding hydrogens is 564 g/mol. The van der Waals surface area contributed by atoms with Gasteiger partial charge in [-0.25, -0.2) is 9.78 Å². The number of amides is 2. The van der Waals surface area contributed by atoms with E-state index in [0.29, 0.717) is 51.3 Å². The van der Waals surface area contributed by atoms with E-state index < -0.39 is 12.1 Å². The number of halogens is 1. The number of anilines is 1. The number of ether oxygens (including phenoxy) is 1. The molecule has 4 unspecified atom stereocenters. The molecule has 1 aliphatic heterocycles. The third kappa shape index (κ3) is 5.14. The van der Waals surface area contributed by atoms with Crippen molar-refractivity contribution in [2.75, 3.05) is 4.90 Å². The summed E-state index contributed by atoms with van der Waals surface area (Å²) in [4.78, 5) is 59.1. The molecule has 8 heteroatoms. The second-order valence-corrected chi connectivity index (χ2v) is 11.3. The third-order valence-electron chi connectivity index (χ3n) is 8.28. The summed E-state index contributed by atoms with van der Waals surface area (Å²) in [7, 11) is 0. The van der Waals surface area contributed by atoms with Gasteiger partial charge in [0.05, 0.1) is 39.3 Å². The molecule has 216 valence electrons. The lowest BCUT2D eigenvalue weighted by Crippen LogP contribution is -2.31. The average Bonchev–Trinajstić information content (AvgIpc) is 3.29. The Morgan fingerprint density at radius 2 is 1.74 bits per heavy atom. The summed E-state index contributed by atoms with van der Waals surface area (Å²) in [6.07, 6.45) is 3.88. The summed E-state index contributed by atoms with van der Waals surface area (Å²) in [6.45, 7) is 3.75. The van der Waals surface area contributed by atoms with E-state index in [4.69, 9.17) is 21.3 Å². The molecule has 4 atom stereocenters. The molecule has 7 nitrogen and oxygen atoms in total. The van der Waals surface area contributed by atoms with Gasteiger partial charge in [-0.3, -0.25) is 19.3 Å². The number of hydrogen-bond acceptors (Lipinski definition) is 6. The number of allylic oxidation sites excluding steroid dienone is 2. The predicted octanol–water partition coefficient (Wildman–Crippen LogP) is 7.08. The average molecular weight is 593 g/mol. The van der Waals surface area contributed by atoms with E-state index in [-0.39, 0.29) is 40.9 Å². The number of benzene rings is 3. The molecule has 2 aliphatic rings. The quantitative estimate of drug-likeness (QED) is 0.0985. The SMILES string of the molecule is CCC(OC(=O)c1cc(-c2ccc(N3C(=O)C4CC=CC(C)C4C3=O)cc2)nc2c(Cl)cccc12)C(=O)c1ccccc1. The van der Waals surface area contributed by atoms with Crippen LogP contribution in [-0.4, -0.2) is 34.7 Å². The van der Waals surface area contributed by atoms with E-state index in [0.717, 1.165) is 0 Å². The minimum Gasteiger partial charge on any atom is -0.450 e. The summed E-state index contributed by atoms with van der Waals surface area (Å²) in [5.41, 5.74) is 2.69. The zero-order chi connectivity index (χ0) is 30.2. The minimum absolute atomic E-state index is 0.000471. The van der Waals surface area contributed by atoms with E-state index in [2.05, 4.69) is 0 Å². The van der Waals surface area contributed by atoms with Crippen molar-refractivity contribution in [2.45, 2.75) is 32.8 Å². The van der Waals surface area contributed by atoms with Crippen molar-refractivity contribution in [2.24, 2.45) is 17.8 Å². The number of esters is 1. The number of ketones is 1. The topological polar surface area (TPSA) is 93.6 Å². The fourth-order valence-corrected chi connectivity index (χ4v) is 6.23. The molecule has 2 heterocycles. The van der Waals surface area contributed by atoms with Crippen molar-refractivity contribution in [1.29, 1.82) is 0 Å². The highest BCUT2D eigenvalue weighted by Gasteiger charge is 2.50. The van der Waals surface area contributed by atoms with Crippen molar-refractivity contribution >= 4 is 51.8 Å². The molecular formula is C35H29ClN2O5. The first-order valence-corrected chi connectivity index (χ1v) is 14.7. The van der Waals surface area contributed by atoms with Crippen LogP contribution in [0.15, 0.2) is 91.0 Å². The lowest BCUT2D eigenvalue weighted by atomic mass is 9.78. The van der Waals surface area contributed by atoms with Gasteiger partial charge in [0.15, 0.2) is 6.10 Å². The van der Waals surface area contributed by atoms with Gasteiger partial charge < -0.3 is 4.74 Å². The van der Waals surface area contributed by atoms with Crippen LogP contribution in [0.3, 0.4) is 0 Å². The lowest BCUT2D eigenvalue weighted by molar-refractivity contribution is -0.122. The third-order valence-corrected chi connectivity index (χ3v) is 8.58. The van der Waals surface area contributed by atoms with Crippen LogP contribution in [0.1, 0.15) is 47.4 Å². The highest BCUT2D eigenvalue weighted by Crippen LogP contribution is 2.41. The Kier molecular flexibility index (Phi) is 7.67. The fraction of sp³-hybridized carbons (Fsp3) is 0.229.